The quantitative estimate of drug-likeness (QED) is 0.864. The molecule has 2 heterocycles. The van der Waals surface area contributed by atoms with Crippen molar-refractivity contribution >= 4 is 11.7 Å². The molecular formula is C14H16N4O. The van der Waals surface area contributed by atoms with Crippen molar-refractivity contribution in [2.75, 3.05) is 4.90 Å². The molecule has 1 aromatic heterocycles. The second kappa shape index (κ2) is 4.76. The Labute approximate surface area is 111 Å². The summed E-state index contributed by atoms with van der Waals surface area (Å²) in [6.45, 7) is 2.53. The molecule has 0 bridgehead atoms. The Morgan fingerprint density at radius 1 is 1.47 bits per heavy atom. The molecule has 2 amide bonds. The number of amides is 2. The lowest BCUT2D eigenvalue weighted by Gasteiger charge is -2.22. The number of hydrogen-bond donors (Lipinski definition) is 2. The first kappa shape index (κ1) is 11.8. The van der Waals surface area contributed by atoms with Crippen molar-refractivity contribution in [1.82, 2.24) is 15.5 Å². The van der Waals surface area contributed by atoms with Crippen LogP contribution < -0.4 is 10.2 Å². The summed E-state index contributed by atoms with van der Waals surface area (Å²) in [6, 6.07) is 10.0. The highest BCUT2D eigenvalue weighted by molar-refractivity contribution is 5.94. The second-order valence-electron chi connectivity index (χ2n) is 4.79. The van der Waals surface area contributed by atoms with Crippen molar-refractivity contribution in [3.8, 4) is 0 Å². The number of nitrogens with one attached hydrogen (secondary N) is 2. The maximum atomic E-state index is 12.3. The van der Waals surface area contributed by atoms with Gasteiger partial charge >= 0.3 is 6.03 Å². The predicted molar refractivity (Wildman–Crippen MR) is 72.9 cm³/mol. The SMILES string of the molecule is C[C@@H]1Cc2ccccc2N1C(=O)NCc1ccn[nH]1. The smallest absolute Gasteiger partial charge is 0.322 e. The summed E-state index contributed by atoms with van der Waals surface area (Å²) in [5, 5.41) is 9.60. The highest BCUT2D eigenvalue weighted by atomic mass is 16.2. The Bertz CT molecular complexity index is 579. The van der Waals surface area contributed by atoms with E-state index in [0.29, 0.717) is 6.54 Å². The molecule has 0 aliphatic carbocycles. The van der Waals surface area contributed by atoms with E-state index in [1.54, 1.807) is 6.20 Å². The molecule has 98 valence electrons. The van der Waals surface area contributed by atoms with Crippen molar-refractivity contribution in [3.63, 3.8) is 0 Å². The molecule has 5 heteroatoms. The number of para-hydroxylation sites is 1. The van der Waals surface area contributed by atoms with Crippen LogP contribution in [0.2, 0.25) is 0 Å². The number of fused-ring (bicyclic) bond motifs is 1. The third-order valence-electron chi connectivity index (χ3n) is 3.41. The Morgan fingerprint density at radius 3 is 3.11 bits per heavy atom. The van der Waals surface area contributed by atoms with Crippen molar-refractivity contribution in [3.05, 3.63) is 47.8 Å². The van der Waals surface area contributed by atoms with Gasteiger partial charge in [0.05, 0.1) is 12.2 Å². The molecule has 0 saturated carbocycles. The molecule has 2 aromatic rings. The van der Waals surface area contributed by atoms with Gasteiger partial charge in [0, 0.05) is 17.9 Å². The van der Waals surface area contributed by atoms with Crippen LogP contribution in [0.4, 0.5) is 10.5 Å². The van der Waals surface area contributed by atoms with E-state index in [1.165, 1.54) is 5.56 Å². The van der Waals surface area contributed by atoms with Crippen molar-refractivity contribution in [2.24, 2.45) is 0 Å². The molecule has 0 unspecified atom stereocenters. The average molecular weight is 256 g/mol. The number of urea groups is 1. The molecule has 1 aromatic carbocycles. The zero-order chi connectivity index (χ0) is 13.2. The number of aromatic nitrogens is 2. The minimum atomic E-state index is -0.0629. The van der Waals surface area contributed by atoms with Gasteiger partial charge in [-0.1, -0.05) is 18.2 Å². The van der Waals surface area contributed by atoms with E-state index in [2.05, 4.69) is 28.5 Å². The Kier molecular flexibility index (Phi) is 2.95. The molecule has 1 aliphatic rings. The summed E-state index contributed by atoms with van der Waals surface area (Å²) in [5.41, 5.74) is 3.14. The van der Waals surface area contributed by atoms with Crippen LogP contribution in [0.25, 0.3) is 0 Å². The number of nitrogens with zero attached hydrogens (tertiary/aromatic N) is 2. The summed E-state index contributed by atoms with van der Waals surface area (Å²) >= 11 is 0. The topological polar surface area (TPSA) is 61.0 Å². The first-order valence-electron chi connectivity index (χ1n) is 6.39. The number of anilines is 1. The molecular weight excluding hydrogens is 240 g/mol. The van der Waals surface area contributed by atoms with Crippen LogP contribution in [0.3, 0.4) is 0 Å². The predicted octanol–water partition coefficient (Wildman–Crippen LogP) is 2.07. The fourth-order valence-electron chi connectivity index (χ4n) is 2.51. The van der Waals surface area contributed by atoms with Gasteiger partial charge in [-0.15, -0.1) is 0 Å². The van der Waals surface area contributed by atoms with Crippen molar-refractivity contribution in [1.29, 1.82) is 0 Å². The third-order valence-corrected chi connectivity index (χ3v) is 3.41. The zero-order valence-corrected chi connectivity index (χ0v) is 10.8. The average Bonchev–Trinajstić information content (AvgIpc) is 3.02. The number of rotatable bonds is 2. The van der Waals surface area contributed by atoms with Gasteiger partial charge in [-0.3, -0.25) is 10.00 Å². The van der Waals surface area contributed by atoms with Gasteiger partial charge in [0.15, 0.2) is 0 Å². The lowest BCUT2D eigenvalue weighted by atomic mass is 10.1. The van der Waals surface area contributed by atoms with Crippen LogP contribution >= 0.6 is 0 Å². The number of hydrogen-bond acceptors (Lipinski definition) is 2. The normalized spacial score (nSPS) is 17.3. The number of carbonyl (C=O) groups excluding carboxylic acids is 1. The van der Waals surface area contributed by atoms with Crippen molar-refractivity contribution < 1.29 is 4.79 Å². The minimum Gasteiger partial charge on any atom is -0.332 e. The molecule has 0 fully saturated rings. The van der Waals surface area contributed by atoms with E-state index < -0.39 is 0 Å². The summed E-state index contributed by atoms with van der Waals surface area (Å²) in [6.07, 6.45) is 2.59. The highest BCUT2D eigenvalue weighted by Crippen LogP contribution is 2.31. The maximum absolute atomic E-state index is 12.3. The summed E-state index contributed by atoms with van der Waals surface area (Å²) < 4.78 is 0. The van der Waals surface area contributed by atoms with Gasteiger partial charge < -0.3 is 5.32 Å². The minimum absolute atomic E-state index is 0.0629. The van der Waals surface area contributed by atoms with Gasteiger partial charge in [0.25, 0.3) is 0 Å². The number of benzene rings is 1. The van der Waals surface area contributed by atoms with E-state index in [1.807, 2.05) is 29.2 Å². The molecule has 3 rings (SSSR count). The van der Waals surface area contributed by atoms with Crippen LogP contribution in [0, 0.1) is 0 Å². The van der Waals surface area contributed by atoms with E-state index in [9.17, 15) is 4.79 Å². The number of carbonyl (C=O) groups is 1. The van der Waals surface area contributed by atoms with E-state index in [-0.39, 0.29) is 12.1 Å². The van der Waals surface area contributed by atoms with E-state index in [0.717, 1.165) is 17.8 Å². The largest absolute Gasteiger partial charge is 0.332 e. The van der Waals surface area contributed by atoms with Gasteiger partial charge in [0.2, 0.25) is 0 Å². The van der Waals surface area contributed by atoms with Crippen LogP contribution in [0.15, 0.2) is 36.5 Å². The molecule has 19 heavy (non-hydrogen) atoms. The second-order valence-corrected chi connectivity index (χ2v) is 4.79. The van der Waals surface area contributed by atoms with Gasteiger partial charge in [0.1, 0.15) is 0 Å². The Morgan fingerprint density at radius 2 is 2.32 bits per heavy atom. The fourth-order valence-corrected chi connectivity index (χ4v) is 2.51. The van der Waals surface area contributed by atoms with Crippen LogP contribution in [0.5, 0.6) is 0 Å². The molecule has 5 nitrogen and oxygen atoms in total. The summed E-state index contributed by atoms with van der Waals surface area (Å²) in [5.74, 6) is 0. The summed E-state index contributed by atoms with van der Waals surface area (Å²) in [7, 11) is 0. The number of aromatic amines is 1. The molecule has 0 radical (unpaired) electrons. The fraction of sp³-hybridized carbons (Fsp3) is 0.286. The highest BCUT2D eigenvalue weighted by Gasteiger charge is 2.30. The standard InChI is InChI=1S/C14H16N4O/c1-10-8-11-4-2-3-5-13(11)18(10)14(19)15-9-12-6-7-16-17-12/h2-7,10H,8-9H2,1H3,(H,15,19)(H,16,17)/t10-/m1/s1. The lowest BCUT2D eigenvalue weighted by molar-refractivity contribution is 0.244. The first-order valence-corrected chi connectivity index (χ1v) is 6.39. The van der Waals surface area contributed by atoms with Gasteiger partial charge in [-0.05, 0) is 31.0 Å². The Hall–Kier alpha value is -2.30. The molecule has 2 N–H and O–H groups in total. The molecule has 0 spiro atoms. The van der Waals surface area contributed by atoms with Gasteiger partial charge in [-0.25, -0.2) is 4.79 Å². The molecule has 0 saturated heterocycles. The van der Waals surface area contributed by atoms with Crippen molar-refractivity contribution in [2.45, 2.75) is 25.9 Å². The lowest BCUT2D eigenvalue weighted by Crippen LogP contribution is -2.43. The van der Waals surface area contributed by atoms with Crippen LogP contribution in [-0.4, -0.2) is 22.3 Å². The van der Waals surface area contributed by atoms with Crippen LogP contribution in [0.1, 0.15) is 18.2 Å². The third kappa shape index (κ3) is 2.19. The summed E-state index contributed by atoms with van der Waals surface area (Å²) in [4.78, 5) is 14.1. The first-order chi connectivity index (χ1) is 9.25. The van der Waals surface area contributed by atoms with E-state index >= 15 is 0 Å². The monoisotopic (exact) mass is 256 g/mol. The van der Waals surface area contributed by atoms with E-state index in [4.69, 9.17) is 0 Å². The van der Waals surface area contributed by atoms with Gasteiger partial charge in [-0.2, -0.15) is 5.10 Å². The number of H-pyrrole nitrogens is 1. The molecule has 1 atom stereocenters. The molecule has 1 aliphatic heterocycles. The zero-order valence-electron chi connectivity index (χ0n) is 10.8. The Balaban J connectivity index is 1.73. The van der Waals surface area contributed by atoms with Crippen LogP contribution in [-0.2, 0) is 13.0 Å². The maximum Gasteiger partial charge on any atom is 0.322 e.